The minimum absolute atomic E-state index is 0.0924. The highest BCUT2D eigenvalue weighted by Gasteiger charge is 2.30. The fourth-order valence-electron chi connectivity index (χ4n) is 3.32. The zero-order chi connectivity index (χ0) is 22.1. The van der Waals surface area contributed by atoms with Crippen molar-refractivity contribution < 1.29 is 13.2 Å². The predicted molar refractivity (Wildman–Crippen MR) is 125 cm³/mol. The molecule has 2 aromatic rings. The van der Waals surface area contributed by atoms with Crippen LogP contribution in [0.4, 0.5) is 5.69 Å². The Labute approximate surface area is 188 Å². The molecular weight excluding hydrogens is 430 g/mol. The molecule has 1 amide bonds. The van der Waals surface area contributed by atoms with Crippen molar-refractivity contribution in [1.82, 2.24) is 4.31 Å². The first kappa shape index (κ1) is 23.1. The van der Waals surface area contributed by atoms with Gasteiger partial charge in [-0.2, -0.15) is 9.57 Å². The van der Waals surface area contributed by atoms with Crippen molar-refractivity contribution >= 4 is 39.5 Å². The van der Waals surface area contributed by atoms with Crippen molar-refractivity contribution in [3.05, 3.63) is 65.6 Å². The number of amides is 1. The molecule has 1 aliphatic rings. The van der Waals surface area contributed by atoms with Crippen molar-refractivity contribution in [2.24, 2.45) is 5.92 Å². The molecule has 162 valence electrons. The highest BCUT2D eigenvalue weighted by atomic mass is 32.2. The van der Waals surface area contributed by atoms with Crippen LogP contribution in [0.3, 0.4) is 0 Å². The van der Waals surface area contributed by atoms with Crippen molar-refractivity contribution in [2.75, 3.05) is 24.2 Å². The summed E-state index contributed by atoms with van der Waals surface area (Å²) in [5, 5.41) is 12.9. The molecule has 0 spiro atoms. The van der Waals surface area contributed by atoms with Gasteiger partial charge < -0.3 is 5.32 Å². The van der Waals surface area contributed by atoms with Gasteiger partial charge in [0, 0.05) is 41.5 Å². The quantitative estimate of drug-likeness (QED) is 0.472. The van der Waals surface area contributed by atoms with Gasteiger partial charge in [-0.05, 0) is 36.6 Å². The van der Waals surface area contributed by atoms with Crippen LogP contribution in [0.5, 0.6) is 0 Å². The monoisotopic (exact) mass is 455 g/mol. The van der Waals surface area contributed by atoms with E-state index in [0.29, 0.717) is 38.1 Å². The third-order valence-electron chi connectivity index (χ3n) is 5.03. The van der Waals surface area contributed by atoms with E-state index < -0.39 is 10.0 Å². The Bertz CT molecular complexity index is 1050. The molecular formula is C23H25N3O3S2. The highest BCUT2D eigenvalue weighted by molar-refractivity contribution is 7.99. The summed E-state index contributed by atoms with van der Waals surface area (Å²) in [7, 11) is -3.52. The lowest BCUT2D eigenvalue weighted by molar-refractivity contribution is -0.120. The maximum Gasteiger partial charge on any atom is 0.236 e. The summed E-state index contributed by atoms with van der Waals surface area (Å²) < 4.78 is 26.7. The van der Waals surface area contributed by atoms with Gasteiger partial charge in [0.25, 0.3) is 0 Å². The number of nitrogens with one attached hydrogen (secondary N) is 1. The van der Waals surface area contributed by atoms with E-state index in [1.165, 1.54) is 21.5 Å². The number of rotatable bonds is 8. The molecule has 1 saturated heterocycles. The maximum atomic E-state index is 12.8. The van der Waals surface area contributed by atoms with Crippen LogP contribution in [-0.2, 0) is 14.8 Å². The van der Waals surface area contributed by atoms with Crippen LogP contribution >= 0.6 is 11.8 Å². The number of nitriles is 1. The molecule has 0 atom stereocenters. The Balaban J connectivity index is 1.55. The van der Waals surface area contributed by atoms with Gasteiger partial charge in [-0.3, -0.25) is 4.79 Å². The van der Waals surface area contributed by atoms with Gasteiger partial charge >= 0.3 is 0 Å². The summed E-state index contributed by atoms with van der Waals surface area (Å²) in [5.41, 5.74) is 1.56. The largest absolute Gasteiger partial charge is 0.325 e. The van der Waals surface area contributed by atoms with E-state index in [1.54, 1.807) is 6.08 Å². The highest BCUT2D eigenvalue weighted by Crippen LogP contribution is 2.29. The first-order valence-corrected chi connectivity index (χ1v) is 12.6. The molecule has 0 bridgehead atoms. The average molecular weight is 456 g/mol. The first-order valence-electron chi connectivity index (χ1n) is 10.1. The Hall–Kier alpha value is -2.60. The summed E-state index contributed by atoms with van der Waals surface area (Å²) in [6, 6.07) is 18.9. The molecule has 1 aliphatic heterocycles. The minimum Gasteiger partial charge on any atom is -0.325 e. The smallest absolute Gasteiger partial charge is 0.236 e. The summed E-state index contributed by atoms with van der Waals surface area (Å²) in [5.74, 6) is 0.336. The number of anilines is 1. The van der Waals surface area contributed by atoms with Gasteiger partial charge in [0.2, 0.25) is 15.9 Å². The van der Waals surface area contributed by atoms with Crippen LogP contribution in [-0.4, -0.2) is 37.5 Å². The molecule has 1 N–H and O–H groups in total. The van der Waals surface area contributed by atoms with E-state index in [4.69, 9.17) is 5.26 Å². The molecule has 0 aliphatic carbocycles. The Morgan fingerprint density at radius 1 is 1.13 bits per heavy atom. The van der Waals surface area contributed by atoms with Gasteiger partial charge in [0.1, 0.15) is 0 Å². The predicted octanol–water partition coefficient (Wildman–Crippen LogP) is 4.34. The molecule has 0 radical (unpaired) electrons. The van der Waals surface area contributed by atoms with Gasteiger partial charge in [-0.15, -0.1) is 11.8 Å². The molecule has 0 unspecified atom stereocenters. The zero-order valence-electron chi connectivity index (χ0n) is 17.1. The number of hydrogen-bond donors (Lipinski definition) is 1. The zero-order valence-corrected chi connectivity index (χ0v) is 18.7. The fraction of sp³-hybridized carbons (Fsp3) is 0.304. The van der Waals surface area contributed by atoms with Gasteiger partial charge in [0.05, 0.1) is 11.8 Å². The molecule has 0 aromatic heterocycles. The van der Waals surface area contributed by atoms with E-state index in [1.807, 2.05) is 54.6 Å². The number of carbonyl (C=O) groups excluding carboxylic acids is 1. The lowest BCUT2D eigenvalue weighted by Gasteiger charge is -2.29. The van der Waals surface area contributed by atoms with Crippen LogP contribution < -0.4 is 5.32 Å². The second-order valence-electron chi connectivity index (χ2n) is 7.17. The van der Waals surface area contributed by atoms with Gasteiger partial charge in [0.15, 0.2) is 0 Å². The van der Waals surface area contributed by atoms with Crippen molar-refractivity contribution in [3.63, 3.8) is 0 Å². The van der Waals surface area contributed by atoms with Crippen LogP contribution in [0.25, 0.3) is 6.08 Å². The molecule has 8 heteroatoms. The number of sulfonamides is 1. The minimum atomic E-state index is -3.52. The van der Waals surface area contributed by atoms with E-state index in [-0.39, 0.29) is 11.8 Å². The standard InChI is InChI=1S/C23H25N3O3S2/c24-14-6-17-30-22-10-5-4-9-21(22)25-23(27)20-11-15-26(16-12-20)31(28,29)18-13-19-7-2-1-3-8-19/h1-5,7-10,13,18,20H,6,11-12,15-17H2,(H,25,27)/b18-13+. The summed E-state index contributed by atoms with van der Waals surface area (Å²) in [6.45, 7) is 0.635. The number of thioether (sulfide) groups is 1. The summed E-state index contributed by atoms with van der Waals surface area (Å²) in [4.78, 5) is 13.7. The molecule has 6 nitrogen and oxygen atoms in total. The van der Waals surface area contributed by atoms with Gasteiger partial charge in [-0.1, -0.05) is 42.5 Å². The van der Waals surface area contributed by atoms with Crippen molar-refractivity contribution in [3.8, 4) is 6.07 Å². The number of benzene rings is 2. The van der Waals surface area contributed by atoms with Gasteiger partial charge in [-0.25, -0.2) is 8.42 Å². The second-order valence-corrected chi connectivity index (χ2v) is 10.1. The average Bonchev–Trinajstić information content (AvgIpc) is 2.80. The molecule has 2 aromatic carbocycles. The topological polar surface area (TPSA) is 90.3 Å². The van der Waals surface area contributed by atoms with Crippen LogP contribution in [0.15, 0.2) is 64.9 Å². The summed E-state index contributed by atoms with van der Waals surface area (Å²) >= 11 is 1.54. The Morgan fingerprint density at radius 2 is 1.81 bits per heavy atom. The number of para-hydroxylation sites is 1. The first-order chi connectivity index (χ1) is 15.0. The van der Waals surface area contributed by atoms with E-state index in [0.717, 1.165) is 16.1 Å². The Morgan fingerprint density at radius 3 is 2.52 bits per heavy atom. The number of hydrogen-bond acceptors (Lipinski definition) is 5. The van der Waals surface area contributed by atoms with Crippen LogP contribution in [0.1, 0.15) is 24.8 Å². The van der Waals surface area contributed by atoms with E-state index >= 15 is 0 Å². The van der Waals surface area contributed by atoms with Crippen LogP contribution in [0.2, 0.25) is 0 Å². The lowest BCUT2D eigenvalue weighted by Crippen LogP contribution is -2.40. The molecule has 3 rings (SSSR count). The molecule has 0 saturated carbocycles. The SMILES string of the molecule is N#CCCSc1ccccc1NC(=O)C1CCN(S(=O)(=O)/C=C/c2ccccc2)CC1. The molecule has 31 heavy (non-hydrogen) atoms. The Kier molecular flexibility index (Phi) is 8.29. The van der Waals surface area contributed by atoms with Crippen molar-refractivity contribution in [2.45, 2.75) is 24.2 Å². The second kappa shape index (κ2) is 11.1. The number of piperidine rings is 1. The maximum absolute atomic E-state index is 12.8. The molecule has 1 heterocycles. The third-order valence-corrected chi connectivity index (χ3v) is 7.67. The number of nitrogens with zero attached hydrogens (tertiary/aromatic N) is 2. The molecule has 1 fully saturated rings. The lowest BCUT2D eigenvalue weighted by atomic mass is 9.97. The normalized spacial score (nSPS) is 15.6. The van der Waals surface area contributed by atoms with Crippen LogP contribution in [0, 0.1) is 17.2 Å². The summed E-state index contributed by atoms with van der Waals surface area (Å²) in [6.07, 6.45) is 3.00. The van der Waals surface area contributed by atoms with E-state index in [9.17, 15) is 13.2 Å². The third kappa shape index (κ3) is 6.69. The fourth-order valence-corrected chi connectivity index (χ4v) is 5.41. The van der Waals surface area contributed by atoms with E-state index in [2.05, 4.69) is 11.4 Å². The van der Waals surface area contributed by atoms with Crippen molar-refractivity contribution in [1.29, 1.82) is 5.26 Å². The number of carbonyl (C=O) groups is 1.